The van der Waals surface area contributed by atoms with Crippen molar-refractivity contribution >= 4 is 22.9 Å². The van der Waals surface area contributed by atoms with Crippen molar-refractivity contribution in [1.82, 2.24) is 0 Å². The maximum Gasteiger partial charge on any atom is 0.123 e. The molecule has 4 heteroatoms. The van der Waals surface area contributed by atoms with E-state index >= 15 is 0 Å². The molecule has 0 aliphatic heterocycles. The molecule has 2 aromatic rings. The monoisotopic (exact) mass is 241 g/mol. The standard InChI is InChI=1S/C11H9ClFNS/c12-10-3-4-15-11(10)9-2-1-8(13)5-7(9)6-14/h1-5H,6,14H2. The molecule has 0 aliphatic rings. The lowest BCUT2D eigenvalue weighted by molar-refractivity contribution is 0.626. The van der Waals surface area contributed by atoms with E-state index in [1.165, 1.54) is 23.5 Å². The summed E-state index contributed by atoms with van der Waals surface area (Å²) in [5.41, 5.74) is 7.26. The molecule has 0 fully saturated rings. The molecule has 1 heterocycles. The molecular weight excluding hydrogens is 233 g/mol. The van der Waals surface area contributed by atoms with Gasteiger partial charge in [-0.1, -0.05) is 17.7 Å². The summed E-state index contributed by atoms with van der Waals surface area (Å²) in [7, 11) is 0. The van der Waals surface area contributed by atoms with Crippen LogP contribution in [-0.2, 0) is 6.54 Å². The number of nitrogens with two attached hydrogens (primary N) is 1. The van der Waals surface area contributed by atoms with E-state index in [0.29, 0.717) is 11.6 Å². The van der Waals surface area contributed by atoms with Crippen LogP contribution in [0.2, 0.25) is 5.02 Å². The summed E-state index contributed by atoms with van der Waals surface area (Å²) in [6.07, 6.45) is 0. The van der Waals surface area contributed by atoms with Gasteiger partial charge in [0.25, 0.3) is 0 Å². The van der Waals surface area contributed by atoms with Gasteiger partial charge in [-0.25, -0.2) is 4.39 Å². The molecule has 0 saturated carbocycles. The molecule has 0 spiro atoms. The fourth-order valence-electron chi connectivity index (χ4n) is 1.44. The zero-order valence-corrected chi connectivity index (χ0v) is 9.41. The Kier molecular flexibility index (Phi) is 3.05. The van der Waals surface area contributed by atoms with Gasteiger partial charge < -0.3 is 5.73 Å². The molecule has 0 amide bonds. The average Bonchev–Trinajstić information content (AvgIpc) is 2.64. The molecule has 0 atom stereocenters. The smallest absolute Gasteiger partial charge is 0.123 e. The molecule has 1 nitrogen and oxygen atoms in total. The van der Waals surface area contributed by atoms with Crippen LogP contribution in [0.5, 0.6) is 0 Å². The number of hydrogen-bond donors (Lipinski definition) is 1. The van der Waals surface area contributed by atoms with Crippen LogP contribution in [0.4, 0.5) is 4.39 Å². The summed E-state index contributed by atoms with van der Waals surface area (Å²) < 4.78 is 13.0. The minimum absolute atomic E-state index is 0.271. The van der Waals surface area contributed by atoms with Crippen molar-refractivity contribution < 1.29 is 4.39 Å². The Hall–Kier alpha value is -0.900. The Balaban J connectivity index is 2.58. The minimum atomic E-state index is -0.271. The highest BCUT2D eigenvalue weighted by Crippen LogP contribution is 2.35. The zero-order chi connectivity index (χ0) is 10.8. The van der Waals surface area contributed by atoms with Crippen molar-refractivity contribution in [1.29, 1.82) is 0 Å². The Bertz CT molecular complexity index is 481. The van der Waals surface area contributed by atoms with Gasteiger partial charge in [0.15, 0.2) is 0 Å². The molecule has 78 valence electrons. The Labute approximate surface area is 96.3 Å². The van der Waals surface area contributed by atoms with Crippen LogP contribution in [0, 0.1) is 5.82 Å². The first-order valence-corrected chi connectivity index (χ1v) is 5.70. The van der Waals surface area contributed by atoms with Crippen LogP contribution in [0.3, 0.4) is 0 Å². The molecule has 2 rings (SSSR count). The van der Waals surface area contributed by atoms with Crippen molar-refractivity contribution in [3.8, 4) is 10.4 Å². The van der Waals surface area contributed by atoms with Gasteiger partial charge in [-0.05, 0) is 34.7 Å². The minimum Gasteiger partial charge on any atom is -0.326 e. The van der Waals surface area contributed by atoms with E-state index in [2.05, 4.69) is 0 Å². The third-order valence-electron chi connectivity index (χ3n) is 2.15. The second-order valence-corrected chi connectivity index (χ2v) is 4.43. The molecular formula is C11H9ClFNS. The van der Waals surface area contributed by atoms with Crippen molar-refractivity contribution in [3.63, 3.8) is 0 Å². The number of benzene rings is 1. The number of thiophene rings is 1. The van der Waals surface area contributed by atoms with Crippen LogP contribution >= 0.6 is 22.9 Å². The van der Waals surface area contributed by atoms with E-state index in [4.69, 9.17) is 17.3 Å². The lowest BCUT2D eigenvalue weighted by Crippen LogP contribution is -1.99. The Morgan fingerprint density at radius 1 is 1.33 bits per heavy atom. The summed E-state index contributed by atoms with van der Waals surface area (Å²) >= 11 is 7.55. The van der Waals surface area contributed by atoms with E-state index in [1.807, 2.05) is 11.4 Å². The topological polar surface area (TPSA) is 26.0 Å². The Morgan fingerprint density at radius 3 is 2.73 bits per heavy atom. The fraction of sp³-hybridized carbons (Fsp3) is 0.0909. The van der Waals surface area contributed by atoms with Crippen LogP contribution < -0.4 is 5.73 Å². The summed E-state index contributed by atoms with van der Waals surface area (Å²) in [6.45, 7) is 0.307. The molecule has 1 aromatic carbocycles. The van der Waals surface area contributed by atoms with Gasteiger partial charge in [0.1, 0.15) is 5.82 Å². The SMILES string of the molecule is NCc1cc(F)ccc1-c1sccc1Cl. The fourth-order valence-corrected chi connectivity index (χ4v) is 2.66. The first-order valence-electron chi connectivity index (χ1n) is 4.44. The van der Waals surface area contributed by atoms with Crippen LogP contribution in [0.25, 0.3) is 10.4 Å². The van der Waals surface area contributed by atoms with Gasteiger partial charge in [-0.3, -0.25) is 0 Å². The normalized spacial score (nSPS) is 10.6. The molecule has 1 aromatic heterocycles. The summed E-state index contributed by atoms with van der Waals surface area (Å²) in [4.78, 5) is 0.942. The molecule has 0 aliphatic carbocycles. The van der Waals surface area contributed by atoms with Crippen molar-refractivity contribution in [3.05, 3.63) is 46.0 Å². The first-order chi connectivity index (χ1) is 7.22. The number of rotatable bonds is 2. The predicted octanol–water partition coefficient (Wildman–Crippen LogP) is 3.67. The third-order valence-corrected chi connectivity index (χ3v) is 3.52. The van der Waals surface area contributed by atoms with Gasteiger partial charge in [0.05, 0.1) is 9.90 Å². The van der Waals surface area contributed by atoms with E-state index in [9.17, 15) is 4.39 Å². The van der Waals surface area contributed by atoms with E-state index < -0.39 is 0 Å². The quantitative estimate of drug-likeness (QED) is 0.853. The molecule has 2 N–H and O–H groups in total. The lowest BCUT2D eigenvalue weighted by Gasteiger charge is -2.06. The zero-order valence-electron chi connectivity index (χ0n) is 7.84. The van der Waals surface area contributed by atoms with E-state index in [-0.39, 0.29) is 5.82 Å². The van der Waals surface area contributed by atoms with Gasteiger partial charge in [-0.15, -0.1) is 11.3 Å². The van der Waals surface area contributed by atoms with Crippen molar-refractivity contribution in [2.24, 2.45) is 5.73 Å². The van der Waals surface area contributed by atoms with E-state index in [0.717, 1.165) is 16.0 Å². The number of hydrogen-bond acceptors (Lipinski definition) is 2. The van der Waals surface area contributed by atoms with Crippen LogP contribution in [0.15, 0.2) is 29.6 Å². The third kappa shape index (κ3) is 2.04. The molecule has 0 unspecified atom stereocenters. The molecule has 0 bridgehead atoms. The highest BCUT2D eigenvalue weighted by Gasteiger charge is 2.09. The maximum absolute atomic E-state index is 13.0. The largest absolute Gasteiger partial charge is 0.326 e. The Morgan fingerprint density at radius 2 is 2.13 bits per heavy atom. The molecule has 0 saturated heterocycles. The predicted molar refractivity (Wildman–Crippen MR) is 62.6 cm³/mol. The highest BCUT2D eigenvalue weighted by atomic mass is 35.5. The van der Waals surface area contributed by atoms with Gasteiger partial charge in [-0.2, -0.15) is 0 Å². The lowest BCUT2D eigenvalue weighted by atomic mass is 10.1. The first kappa shape index (κ1) is 10.6. The summed E-state index contributed by atoms with van der Waals surface area (Å²) in [5.74, 6) is -0.271. The van der Waals surface area contributed by atoms with Crippen LogP contribution in [0.1, 0.15) is 5.56 Å². The average molecular weight is 242 g/mol. The molecule has 0 radical (unpaired) electrons. The molecule has 15 heavy (non-hydrogen) atoms. The second kappa shape index (κ2) is 4.31. The van der Waals surface area contributed by atoms with E-state index in [1.54, 1.807) is 6.07 Å². The summed E-state index contributed by atoms with van der Waals surface area (Å²) in [6, 6.07) is 6.41. The van der Waals surface area contributed by atoms with Gasteiger partial charge >= 0.3 is 0 Å². The highest BCUT2D eigenvalue weighted by molar-refractivity contribution is 7.14. The van der Waals surface area contributed by atoms with Crippen LogP contribution in [-0.4, -0.2) is 0 Å². The second-order valence-electron chi connectivity index (χ2n) is 3.10. The summed E-state index contributed by atoms with van der Waals surface area (Å²) in [5, 5.41) is 2.59. The maximum atomic E-state index is 13.0. The van der Waals surface area contributed by atoms with Crippen molar-refractivity contribution in [2.45, 2.75) is 6.54 Å². The number of halogens is 2. The van der Waals surface area contributed by atoms with Crippen molar-refractivity contribution in [2.75, 3.05) is 0 Å². The van der Waals surface area contributed by atoms with Gasteiger partial charge in [0.2, 0.25) is 0 Å². The van der Waals surface area contributed by atoms with Gasteiger partial charge in [0, 0.05) is 6.54 Å².